The Morgan fingerprint density at radius 2 is 1.78 bits per heavy atom. The van der Waals surface area contributed by atoms with Gasteiger partial charge >= 0.3 is 0 Å². The van der Waals surface area contributed by atoms with Gasteiger partial charge in [0.05, 0.1) is 19.1 Å². The monoisotopic (exact) mass is 342 g/mol. The van der Waals surface area contributed by atoms with E-state index in [4.69, 9.17) is 4.74 Å². The maximum Gasteiger partial charge on any atom is 0.243 e. The fraction of sp³-hybridized carbons (Fsp3) is 0.562. The van der Waals surface area contributed by atoms with Gasteiger partial charge in [0.25, 0.3) is 0 Å². The first kappa shape index (κ1) is 19.3. The SMILES string of the molecule is COc1ccc(N([C@@H](C)C(=O)NCCC(C)C)S(C)(=O)=O)cc1. The number of anilines is 1. The minimum Gasteiger partial charge on any atom is -0.497 e. The first-order chi connectivity index (χ1) is 10.7. The van der Waals surface area contributed by atoms with Gasteiger partial charge in [-0.25, -0.2) is 8.42 Å². The molecule has 23 heavy (non-hydrogen) atoms. The summed E-state index contributed by atoms with van der Waals surface area (Å²) in [4.78, 5) is 12.3. The number of carbonyl (C=O) groups excluding carboxylic acids is 1. The summed E-state index contributed by atoms with van der Waals surface area (Å²) in [5.74, 6) is 0.779. The number of hydrogen-bond acceptors (Lipinski definition) is 4. The number of nitrogens with one attached hydrogen (secondary N) is 1. The van der Waals surface area contributed by atoms with Crippen LogP contribution in [0.15, 0.2) is 24.3 Å². The fourth-order valence-electron chi connectivity index (χ4n) is 2.17. The van der Waals surface area contributed by atoms with Crippen molar-refractivity contribution in [2.75, 3.05) is 24.2 Å². The molecule has 0 heterocycles. The normalized spacial score (nSPS) is 12.8. The van der Waals surface area contributed by atoms with Crippen LogP contribution >= 0.6 is 0 Å². The lowest BCUT2D eigenvalue weighted by atomic mass is 10.1. The Kier molecular flexibility index (Phi) is 6.87. The lowest BCUT2D eigenvalue weighted by Crippen LogP contribution is -2.48. The van der Waals surface area contributed by atoms with Gasteiger partial charge in [-0.1, -0.05) is 13.8 Å². The maximum absolute atomic E-state index is 12.3. The number of sulfonamides is 1. The van der Waals surface area contributed by atoms with Crippen molar-refractivity contribution in [2.45, 2.75) is 33.2 Å². The summed E-state index contributed by atoms with van der Waals surface area (Å²) in [6.45, 7) is 6.24. The van der Waals surface area contributed by atoms with Crippen molar-refractivity contribution in [3.63, 3.8) is 0 Å². The van der Waals surface area contributed by atoms with E-state index in [9.17, 15) is 13.2 Å². The van der Waals surface area contributed by atoms with E-state index in [-0.39, 0.29) is 5.91 Å². The Morgan fingerprint density at radius 1 is 1.22 bits per heavy atom. The van der Waals surface area contributed by atoms with Crippen LogP contribution < -0.4 is 14.4 Å². The first-order valence-electron chi connectivity index (χ1n) is 7.58. The molecule has 1 N–H and O–H groups in total. The number of ether oxygens (including phenoxy) is 1. The van der Waals surface area contributed by atoms with E-state index in [0.717, 1.165) is 17.0 Å². The Bertz CT molecular complexity index is 611. The molecule has 1 atom stereocenters. The number of methoxy groups -OCH3 is 1. The Morgan fingerprint density at radius 3 is 2.22 bits per heavy atom. The molecule has 0 aliphatic carbocycles. The fourth-order valence-corrected chi connectivity index (χ4v) is 3.34. The van der Waals surface area contributed by atoms with E-state index in [1.165, 1.54) is 7.11 Å². The second-order valence-electron chi connectivity index (χ2n) is 5.91. The molecule has 1 amide bonds. The average molecular weight is 342 g/mol. The van der Waals surface area contributed by atoms with Crippen LogP contribution in [0, 0.1) is 5.92 Å². The van der Waals surface area contributed by atoms with E-state index in [1.807, 2.05) is 0 Å². The summed E-state index contributed by atoms with van der Waals surface area (Å²) in [5.41, 5.74) is 0.430. The maximum atomic E-state index is 12.3. The van der Waals surface area contributed by atoms with Crippen molar-refractivity contribution in [1.29, 1.82) is 0 Å². The second-order valence-corrected chi connectivity index (χ2v) is 7.77. The molecule has 0 aromatic heterocycles. The smallest absolute Gasteiger partial charge is 0.243 e. The number of hydrogen-bond donors (Lipinski definition) is 1. The van der Waals surface area contributed by atoms with Crippen molar-refractivity contribution in [1.82, 2.24) is 5.32 Å². The third-order valence-electron chi connectivity index (χ3n) is 3.44. The van der Waals surface area contributed by atoms with Gasteiger partial charge in [-0.05, 0) is 43.5 Å². The van der Waals surface area contributed by atoms with Crippen LogP contribution in [0.3, 0.4) is 0 Å². The van der Waals surface area contributed by atoms with Gasteiger partial charge in [0, 0.05) is 6.54 Å². The molecule has 1 aromatic carbocycles. The first-order valence-corrected chi connectivity index (χ1v) is 9.42. The summed E-state index contributed by atoms with van der Waals surface area (Å²) in [6, 6.07) is 5.74. The van der Waals surface area contributed by atoms with Crippen LogP contribution in [-0.4, -0.2) is 40.3 Å². The molecule has 0 aliphatic heterocycles. The predicted molar refractivity (Wildman–Crippen MR) is 92.2 cm³/mol. The largest absolute Gasteiger partial charge is 0.497 e. The van der Waals surface area contributed by atoms with Gasteiger partial charge in [-0.15, -0.1) is 0 Å². The van der Waals surface area contributed by atoms with Crippen LogP contribution in [-0.2, 0) is 14.8 Å². The molecule has 0 saturated carbocycles. The van der Waals surface area contributed by atoms with Crippen molar-refractivity contribution in [3.05, 3.63) is 24.3 Å². The van der Waals surface area contributed by atoms with Gasteiger partial charge < -0.3 is 10.1 Å². The molecule has 1 rings (SSSR count). The Labute approximate surface area is 138 Å². The predicted octanol–water partition coefficient (Wildman–Crippen LogP) is 2.01. The van der Waals surface area contributed by atoms with Crippen LogP contribution in [0.1, 0.15) is 27.2 Å². The molecule has 7 heteroatoms. The molecule has 0 bridgehead atoms. The van der Waals surface area contributed by atoms with Crippen molar-refractivity contribution < 1.29 is 17.9 Å². The molecule has 6 nitrogen and oxygen atoms in total. The van der Waals surface area contributed by atoms with Gasteiger partial charge in [0.2, 0.25) is 15.9 Å². The van der Waals surface area contributed by atoms with E-state index in [1.54, 1.807) is 31.2 Å². The van der Waals surface area contributed by atoms with Gasteiger partial charge in [0.15, 0.2) is 0 Å². The molecule has 0 unspecified atom stereocenters. The van der Waals surface area contributed by atoms with Crippen LogP contribution in [0.4, 0.5) is 5.69 Å². The van der Waals surface area contributed by atoms with E-state index >= 15 is 0 Å². The zero-order chi connectivity index (χ0) is 17.6. The molecule has 130 valence electrons. The summed E-state index contributed by atoms with van der Waals surface area (Å²) in [7, 11) is -2.06. The van der Waals surface area contributed by atoms with Crippen molar-refractivity contribution in [2.24, 2.45) is 5.92 Å². The minimum atomic E-state index is -3.59. The third-order valence-corrected chi connectivity index (χ3v) is 4.68. The summed E-state index contributed by atoms with van der Waals surface area (Å²) < 4.78 is 30.5. The number of benzene rings is 1. The van der Waals surface area contributed by atoms with Crippen molar-refractivity contribution >= 4 is 21.6 Å². The molecular formula is C16H26N2O4S. The van der Waals surface area contributed by atoms with Gasteiger partial charge in [-0.2, -0.15) is 0 Å². The van der Waals surface area contributed by atoms with Gasteiger partial charge in [0.1, 0.15) is 11.8 Å². The molecule has 0 aliphatic rings. The number of carbonyl (C=O) groups is 1. The van der Waals surface area contributed by atoms with E-state index in [0.29, 0.717) is 23.9 Å². The zero-order valence-electron chi connectivity index (χ0n) is 14.4. The molecule has 0 fully saturated rings. The molecular weight excluding hydrogens is 316 g/mol. The van der Waals surface area contributed by atoms with Crippen LogP contribution in [0.5, 0.6) is 5.75 Å². The highest BCUT2D eigenvalue weighted by atomic mass is 32.2. The van der Waals surface area contributed by atoms with Crippen LogP contribution in [0.25, 0.3) is 0 Å². The lowest BCUT2D eigenvalue weighted by molar-refractivity contribution is -0.121. The second kappa shape index (κ2) is 8.19. The minimum absolute atomic E-state index is 0.313. The molecule has 0 saturated heterocycles. The average Bonchev–Trinajstić information content (AvgIpc) is 2.46. The molecule has 1 aromatic rings. The standard InChI is InChI=1S/C16H26N2O4S/c1-12(2)10-11-17-16(19)13(3)18(23(5,20)21)14-6-8-15(22-4)9-7-14/h6-9,12-13H,10-11H2,1-5H3,(H,17,19)/t13-/m0/s1. The third kappa shape index (κ3) is 5.74. The molecule has 0 spiro atoms. The summed E-state index contributed by atoms with van der Waals surface area (Å²) >= 11 is 0. The van der Waals surface area contributed by atoms with Gasteiger partial charge in [-0.3, -0.25) is 9.10 Å². The van der Waals surface area contributed by atoms with Crippen molar-refractivity contribution in [3.8, 4) is 5.75 Å². The molecule has 0 radical (unpaired) electrons. The summed E-state index contributed by atoms with van der Waals surface area (Å²) in [6.07, 6.45) is 1.94. The number of rotatable bonds is 8. The topological polar surface area (TPSA) is 75.7 Å². The highest BCUT2D eigenvalue weighted by Gasteiger charge is 2.28. The number of nitrogens with zero attached hydrogens (tertiary/aromatic N) is 1. The lowest BCUT2D eigenvalue weighted by Gasteiger charge is -2.28. The summed E-state index contributed by atoms with van der Waals surface area (Å²) in [5, 5.41) is 2.79. The zero-order valence-corrected chi connectivity index (χ0v) is 15.2. The van der Waals surface area contributed by atoms with E-state index < -0.39 is 16.1 Å². The van der Waals surface area contributed by atoms with Crippen LogP contribution in [0.2, 0.25) is 0 Å². The highest BCUT2D eigenvalue weighted by molar-refractivity contribution is 7.92. The Hall–Kier alpha value is -1.76. The van der Waals surface area contributed by atoms with E-state index in [2.05, 4.69) is 19.2 Å². The highest BCUT2D eigenvalue weighted by Crippen LogP contribution is 2.23. The number of amides is 1. The quantitative estimate of drug-likeness (QED) is 0.784. The Balaban J connectivity index is 2.95.